The molecular formula is C14H20F3NO2. The van der Waals surface area contributed by atoms with E-state index in [2.05, 4.69) is 4.98 Å². The van der Waals surface area contributed by atoms with E-state index < -0.39 is 11.9 Å². The molecule has 0 fully saturated rings. The molecule has 6 heteroatoms. The Morgan fingerprint density at radius 3 is 2.30 bits per heavy atom. The Morgan fingerprint density at radius 2 is 1.65 bits per heavy atom. The molecule has 0 radical (unpaired) electrons. The summed E-state index contributed by atoms with van der Waals surface area (Å²) in [4.78, 5) is 3.43. The number of pyridine rings is 1. The lowest BCUT2D eigenvalue weighted by molar-refractivity contribution is -0.141. The van der Waals surface area contributed by atoms with Gasteiger partial charge in [-0.3, -0.25) is 0 Å². The Bertz CT molecular complexity index is 383. The zero-order chi connectivity index (χ0) is 14.8. The lowest BCUT2D eigenvalue weighted by Gasteiger charge is -2.09. The average Bonchev–Trinajstić information content (AvgIpc) is 2.41. The number of unbranched alkanes of at least 4 members (excludes halogenated alkanes) is 5. The van der Waals surface area contributed by atoms with Gasteiger partial charge in [0.1, 0.15) is 5.69 Å². The van der Waals surface area contributed by atoms with Crippen LogP contribution in [0.2, 0.25) is 0 Å². The Labute approximate surface area is 116 Å². The van der Waals surface area contributed by atoms with Crippen molar-refractivity contribution in [2.45, 2.75) is 44.7 Å². The highest BCUT2D eigenvalue weighted by molar-refractivity contribution is 5.17. The first kappa shape index (κ1) is 16.8. The van der Waals surface area contributed by atoms with Gasteiger partial charge in [0.2, 0.25) is 5.88 Å². The van der Waals surface area contributed by atoms with Crippen LogP contribution in [0.25, 0.3) is 0 Å². The van der Waals surface area contributed by atoms with Gasteiger partial charge in [-0.15, -0.1) is 0 Å². The highest BCUT2D eigenvalue weighted by atomic mass is 19.4. The van der Waals surface area contributed by atoms with Crippen LogP contribution in [0.4, 0.5) is 13.2 Å². The normalized spacial score (nSPS) is 11.6. The van der Waals surface area contributed by atoms with Crippen molar-refractivity contribution in [2.24, 2.45) is 0 Å². The summed E-state index contributed by atoms with van der Waals surface area (Å²) in [5.74, 6) is 0.0140. The Kier molecular flexibility index (Phi) is 7.36. The van der Waals surface area contributed by atoms with Gasteiger partial charge in [-0.2, -0.15) is 13.2 Å². The van der Waals surface area contributed by atoms with Crippen molar-refractivity contribution in [3.8, 4) is 5.88 Å². The Hall–Kier alpha value is -1.30. The fraction of sp³-hybridized carbons (Fsp3) is 0.643. The van der Waals surface area contributed by atoms with Crippen LogP contribution in [0.3, 0.4) is 0 Å². The molecule has 1 heterocycles. The molecule has 1 N–H and O–H groups in total. The second-order valence-electron chi connectivity index (χ2n) is 4.55. The molecule has 3 nitrogen and oxygen atoms in total. The van der Waals surface area contributed by atoms with Crippen molar-refractivity contribution in [1.82, 2.24) is 4.98 Å². The molecular weight excluding hydrogens is 271 g/mol. The molecule has 0 spiro atoms. The summed E-state index contributed by atoms with van der Waals surface area (Å²) < 4.78 is 42.5. The third-order valence-corrected chi connectivity index (χ3v) is 2.82. The summed E-state index contributed by atoms with van der Waals surface area (Å²) in [5.41, 5.74) is -0.931. The Morgan fingerprint density at radius 1 is 1.00 bits per heavy atom. The van der Waals surface area contributed by atoms with Crippen molar-refractivity contribution in [1.29, 1.82) is 0 Å². The first-order valence-electron chi connectivity index (χ1n) is 6.82. The molecule has 1 rings (SSSR count). The number of halogens is 3. The minimum atomic E-state index is -4.44. The third kappa shape index (κ3) is 6.75. The van der Waals surface area contributed by atoms with E-state index in [1.807, 2.05) is 0 Å². The maximum absolute atomic E-state index is 12.4. The molecule has 0 saturated carbocycles. The van der Waals surface area contributed by atoms with Crippen molar-refractivity contribution in [3.63, 3.8) is 0 Å². The largest absolute Gasteiger partial charge is 0.478 e. The standard InChI is InChI=1S/C14H20F3NO2/c15-14(16,17)12-8-7-9-13(18-12)20-11-6-4-2-1-3-5-10-19/h7-9,19H,1-6,10-11H2. The molecule has 0 unspecified atom stereocenters. The molecule has 0 saturated heterocycles. The van der Waals surface area contributed by atoms with Gasteiger partial charge in [0.25, 0.3) is 0 Å². The predicted octanol–water partition coefficient (Wildman–Crippen LogP) is 3.81. The molecule has 1 aromatic rings. The van der Waals surface area contributed by atoms with Gasteiger partial charge in [-0.1, -0.05) is 31.7 Å². The van der Waals surface area contributed by atoms with Crippen LogP contribution in [0.15, 0.2) is 18.2 Å². The van der Waals surface area contributed by atoms with Gasteiger partial charge in [0.05, 0.1) is 6.61 Å². The molecule has 114 valence electrons. The maximum atomic E-state index is 12.4. The fourth-order valence-corrected chi connectivity index (χ4v) is 1.75. The number of nitrogens with zero attached hydrogens (tertiary/aromatic N) is 1. The zero-order valence-electron chi connectivity index (χ0n) is 11.3. The quantitative estimate of drug-likeness (QED) is 0.703. The number of ether oxygens (including phenoxy) is 1. The number of hydrogen-bond donors (Lipinski definition) is 1. The van der Waals surface area contributed by atoms with E-state index in [4.69, 9.17) is 9.84 Å². The summed E-state index contributed by atoms with van der Waals surface area (Å²) in [6, 6.07) is 3.64. The van der Waals surface area contributed by atoms with Gasteiger partial charge in [0, 0.05) is 12.7 Å². The molecule has 0 amide bonds. The number of aromatic nitrogens is 1. The lowest BCUT2D eigenvalue weighted by atomic mass is 10.1. The van der Waals surface area contributed by atoms with Crippen LogP contribution in [0.1, 0.15) is 44.2 Å². The second kappa shape index (κ2) is 8.79. The first-order chi connectivity index (χ1) is 9.54. The minimum absolute atomic E-state index is 0.0140. The van der Waals surface area contributed by atoms with Crippen molar-refractivity contribution in [3.05, 3.63) is 23.9 Å². The SMILES string of the molecule is OCCCCCCCCOc1cccc(C(F)(F)F)n1. The summed E-state index contributed by atoms with van der Waals surface area (Å²) >= 11 is 0. The van der Waals surface area contributed by atoms with E-state index >= 15 is 0 Å². The van der Waals surface area contributed by atoms with E-state index in [9.17, 15) is 13.2 Å². The van der Waals surface area contributed by atoms with Gasteiger partial charge in [-0.05, 0) is 18.9 Å². The van der Waals surface area contributed by atoms with Crippen LogP contribution in [-0.4, -0.2) is 23.3 Å². The topological polar surface area (TPSA) is 42.4 Å². The number of rotatable bonds is 9. The van der Waals surface area contributed by atoms with Gasteiger partial charge in [0.15, 0.2) is 0 Å². The summed E-state index contributed by atoms with van der Waals surface area (Å²) in [7, 11) is 0. The summed E-state index contributed by atoms with van der Waals surface area (Å²) in [5, 5.41) is 8.61. The van der Waals surface area contributed by atoms with Gasteiger partial charge < -0.3 is 9.84 Å². The lowest BCUT2D eigenvalue weighted by Crippen LogP contribution is -2.09. The van der Waals surface area contributed by atoms with Crippen LogP contribution >= 0.6 is 0 Å². The molecule has 0 bridgehead atoms. The van der Waals surface area contributed by atoms with Crippen LogP contribution in [-0.2, 0) is 6.18 Å². The first-order valence-corrected chi connectivity index (χ1v) is 6.82. The number of aliphatic hydroxyl groups excluding tert-OH is 1. The molecule has 1 aromatic heterocycles. The highest BCUT2D eigenvalue weighted by Gasteiger charge is 2.32. The van der Waals surface area contributed by atoms with E-state index in [0.29, 0.717) is 6.61 Å². The molecule has 0 aromatic carbocycles. The van der Waals surface area contributed by atoms with Crippen molar-refractivity contribution >= 4 is 0 Å². The Balaban J connectivity index is 2.19. The molecule has 0 atom stereocenters. The van der Waals surface area contributed by atoms with Crippen molar-refractivity contribution < 1.29 is 23.0 Å². The summed E-state index contributed by atoms with van der Waals surface area (Å²) in [6.07, 6.45) is 1.24. The monoisotopic (exact) mass is 291 g/mol. The maximum Gasteiger partial charge on any atom is 0.433 e. The van der Waals surface area contributed by atoms with Crippen LogP contribution in [0, 0.1) is 0 Å². The fourth-order valence-electron chi connectivity index (χ4n) is 1.75. The molecule has 0 aliphatic carbocycles. The van der Waals surface area contributed by atoms with Crippen molar-refractivity contribution in [2.75, 3.05) is 13.2 Å². The molecule has 0 aliphatic rings. The van der Waals surface area contributed by atoms with Gasteiger partial charge in [-0.25, -0.2) is 4.98 Å². The van der Waals surface area contributed by atoms with E-state index in [0.717, 1.165) is 44.6 Å². The minimum Gasteiger partial charge on any atom is -0.478 e. The molecule has 20 heavy (non-hydrogen) atoms. The number of hydrogen-bond acceptors (Lipinski definition) is 3. The molecule has 0 aliphatic heterocycles. The second-order valence-corrected chi connectivity index (χ2v) is 4.55. The average molecular weight is 291 g/mol. The van der Waals surface area contributed by atoms with E-state index in [1.165, 1.54) is 12.1 Å². The van der Waals surface area contributed by atoms with Crippen LogP contribution < -0.4 is 4.74 Å². The zero-order valence-corrected chi connectivity index (χ0v) is 11.3. The summed E-state index contributed by atoms with van der Waals surface area (Å²) in [6.45, 7) is 0.596. The smallest absolute Gasteiger partial charge is 0.433 e. The van der Waals surface area contributed by atoms with Crippen LogP contribution in [0.5, 0.6) is 5.88 Å². The predicted molar refractivity (Wildman–Crippen MR) is 69.5 cm³/mol. The number of alkyl halides is 3. The van der Waals surface area contributed by atoms with E-state index in [1.54, 1.807) is 0 Å². The third-order valence-electron chi connectivity index (χ3n) is 2.82. The van der Waals surface area contributed by atoms with E-state index in [-0.39, 0.29) is 12.5 Å². The highest BCUT2D eigenvalue weighted by Crippen LogP contribution is 2.28. The van der Waals surface area contributed by atoms with Gasteiger partial charge >= 0.3 is 6.18 Å². The number of aliphatic hydroxyl groups is 1.